The summed E-state index contributed by atoms with van der Waals surface area (Å²) in [7, 11) is 1.28. The minimum absolute atomic E-state index is 0.0312. The van der Waals surface area contributed by atoms with Crippen molar-refractivity contribution in [3.05, 3.63) is 29.6 Å². The van der Waals surface area contributed by atoms with Crippen LogP contribution in [0.2, 0.25) is 0 Å². The third-order valence-electron chi connectivity index (χ3n) is 2.03. The Morgan fingerprint density at radius 1 is 1.62 bits per heavy atom. The van der Waals surface area contributed by atoms with Crippen LogP contribution in [-0.4, -0.2) is 19.1 Å². The molecule has 1 rings (SSSR count). The van der Waals surface area contributed by atoms with Crippen molar-refractivity contribution in [2.75, 3.05) is 12.4 Å². The van der Waals surface area contributed by atoms with Crippen molar-refractivity contribution < 1.29 is 13.9 Å². The highest BCUT2D eigenvalue weighted by molar-refractivity contribution is 5.78. The highest BCUT2D eigenvalue weighted by Crippen LogP contribution is 2.14. The van der Waals surface area contributed by atoms with Gasteiger partial charge in [-0.05, 0) is 25.1 Å². The maximum atomic E-state index is 13.2. The third kappa shape index (κ3) is 2.70. The molecule has 5 heteroatoms. The second kappa shape index (κ2) is 5.12. The van der Waals surface area contributed by atoms with Crippen molar-refractivity contribution in [2.45, 2.75) is 13.0 Å². The summed E-state index contributed by atoms with van der Waals surface area (Å²) >= 11 is 0. The van der Waals surface area contributed by atoms with Crippen LogP contribution in [0.25, 0.3) is 0 Å². The molecule has 1 atom stereocenters. The number of esters is 1. The van der Waals surface area contributed by atoms with Crippen LogP contribution in [-0.2, 0) is 9.53 Å². The van der Waals surface area contributed by atoms with Gasteiger partial charge in [-0.15, -0.1) is 0 Å². The van der Waals surface area contributed by atoms with E-state index in [1.54, 1.807) is 13.0 Å². The number of methoxy groups -OCH3 is 1. The average molecular weight is 222 g/mol. The molecule has 16 heavy (non-hydrogen) atoms. The number of nitrogens with zero attached hydrogens (tertiary/aromatic N) is 1. The number of hydrogen-bond donors (Lipinski definition) is 1. The molecule has 0 saturated carbocycles. The fourth-order valence-corrected chi connectivity index (χ4v) is 1.18. The number of carbonyl (C=O) groups excluding carboxylic acids is 1. The summed E-state index contributed by atoms with van der Waals surface area (Å²) in [6.45, 7) is 1.60. The Morgan fingerprint density at radius 2 is 2.31 bits per heavy atom. The van der Waals surface area contributed by atoms with Gasteiger partial charge in [0.15, 0.2) is 0 Å². The Morgan fingerprint density at radius 3 is 2.81 bits per heavy atom. The van der Waals surface area contributed by atoms with Crippen LogP contribution in [0.3, 0.4) is 0 Å². The number of rotatable bonds is 3. The van der Waals surface area contributed by atoms with Gasteiger partial charge in [0.1, 0.15) is 17.9 Å². The smallest absolute Gasteiger partial charge is 0.327 e. The molecule has 0 amide bonds. The minimum atomic E-state index is -0.621. The van der Waals surface area contributed by atoms with Gasteiger partial charge < -0.3 is 10.1 Å². The molecule has 0 aliphatic carbocycles. The quantitative estimate of drug-likeness (QED) is 0.790. The molecular formula is C11H11FN2O2. The number of nitriles is 1. The molecule has 4 nitrogen and oxygen atoms in total. The standard InChI is InChI=1S/C11H11FN2O2/c1-7(11(15)16-2)14-9-4-3-8(6-13)10(12)5-9/h3-5,7,14H,1-2H3. The third-order valence-corrected chi connectivity index (χ3v) is 2.03. The summed E-state index contributed by atoms with van der Waals surface area (Å²) in [5.41, 5.74) is 0.394. The van der Waals surface area contributed by atoms with Crippen molar-refractivity contribution >= 4 is 11.7 Å². The van der Waals surface area contributed by atoms with Crippen molar-refractivity contribution in [3.63, 3.8) is 0 Å². The number of hydrogen-bond acceptors (Lipinski definition) is 4. The molecule has 0 aliphatic heterocycles. The topological polar surface area (TPSA) is 62.1 Å². The number of ether oxygens (including phenoxy) is 1. The number of nitrogens with one attached hydrogen (secondary N) is 1. The lowest BCUT2D eigenvalue weighted by atomic mass is 10.2. The fourth-order valence-electron chi connectivity index (χ4n) is 1.18. The zero-order valence-corrected chi connectivity index (χ0v) is 8.95. The molecule has 0 radical (unpaired) electrons. The summed E-state index contributed by atoms with van der Waals surface area (Å²) in [5, 5.41) is 11.3. The van der Waals surface area contributed by atoms with Gasteiger partial charge >= 0.3 is 5.97 Å². The number of halogens is 1. The minimum Gasteiger partial charge on any atom is -0.467 e. The van der Waals surface area contributed by atoms with Crippen molar-refractivity contribution in [1.82, 2.24) is 0 Å². The summed E-state index contributed by atoms with van der Waals surface area (Å²) in [5.74, 6) is -1.06. The Bertz CT molecular complexity index is 440. The number of benzene rings is 1. The van der Waals surface area contributed by atoms with Crippen molar-refractivity contribution in [3.8, 4) is 6.07 Å². The first-order valence-electron chi connectivity index (χ1n) is 4.62. The maximum absolute atomic E-state index is 13.2. The predicted octanol–water partition coefficient (Wildman–Crippen LogP) is 1.67. The molecule has 1 unspecified atom stereocenters. The first-order valence-corrected chi connectivity index (χ1v) is 4.62. The van der Waals surface area contributed by atoms with E-state index in [0.717, 1.165) is 6.07 Å². The van der Waals surface area contributed by atoms with Crippen molar-refractivity contribution in [2.24, 2.45) is 0 Å². The van der Waals surface area contributed by atoms with Crippen LogP contribution in [0, 0.1) is 17.1 Å². The molecule has 84 valence electrons. The second-order valence-corrected chi connectivity index (χ2v) is 3.20. The van der Waals surface area contributed by atoms with Crippen LogP contribution in [0.15, 0.2) is 18.2 Å². The van der Waals surface area contributed by atoms with Crippen LogP contribution in [0.1, 0.15) is 12.5 Å². The van der Waals surface area contributed by atoms with E-state index in [0.29, 0.717) is 5.69 Å². The molecule has 0 aromatic heterocycles. The van der Waals surface area contributed by atoms with Crippen LogP contribution >= 0.6 is 0 Å². The van der Waals surface area contributed by atoms with Gasteiger partial charge in [0.05, 0.1) is 12.7 Å². The molecule has 1 aromatic carbocycles. The summed E-state index contributed by atoms with van der Waals surface area (Å²) in [6, 6.07) is 5.19. The van der Waals surface area contributed by atoms with Crippen molar-refractivity contribution in [1.29, 1.82) is 5.26 Å². The van der Waals surface area contributed by atoms with E-state index in [4.69, 9.17) is 5.26 Å². The van der Waals surface area contributed by atoms with Gasteiger partial charge in [0, 0.05) is 5.69 Å². The lowest BCUT2D eigenvalue weighted by molar-refractivity contribution is -0.141. The monoisotopic (exact) mass is 222 g/mol. The van der Waals surface area contributed by atoms with E-state index in [2.05, 4.69) is 10.1 Å². The largest absolute Gasteiger partial charge is 0.467 e. The molecule has 0 heterocycles. The van der Waals surface area contributed by atoms with Crippen LogP contribution in [0.4, 0.5) is 10.1 Å². The second-order valence-electron chi connectivity index (χ2n) is 3.20. The van der Waals surface area contributed by atoms with Gasteiger partial charge in [0.2, 0.25) is 0 Å². The summed E-state index contributed by atoms with van der Waals surface area (Å²) in [4.78, 5) is 11.1. The normalized spacial score (nSPS) is 11.4. The number of carbonyl (C=O) groups is 1. The first kappa shape index (κ1) is 12.0. The predicted molar refractivity (Wildman–Crippen MR) is 56.2 cm³/mol. The molecular weight excluding hydrogens is 211 g/mol. The van der Waals surface area contributed by atoms with Gasteiger partial charge in [-0.1, -0.05) is 0 Å². The Kier molecular flexibility index (Phi) is 3.84. The van der Waals surface area contributed by atoms with Gasteiger partial charge in [-0.3, -0.25) is 0 Å². The van der Waals surface area contributed by atoms with Gasteiger partial charge in [0.25, 0.3) is 0 Å². The van der Waals surface area contributed by atoms with E-state index in [9.17, 15) is 9.18 Å². The number of anilines is 1. The zero-order valence-electron chi connectivity index (χ0n) is 8.95. The highest BCUT2D eigenvalue weighted by atomic mass is 19.1. The Balaban J connectivity index is 2.80. The Labute approximate surface area is 92.6 Å². The molecule has 0 fully saturated rings. The van der Waals surface area contributed by atoms with E-state index >= 15 is 0 Å². The molecule has 0 aliphatic rings. The van der Waals surface area contributed by atoms with Gasteiger partial charge in [-0.2, -0.15) is 5.26 Å². The summed E-state index contributed by atoms with van der Waals surface area (Å²) < 4.78 is 17.7. The molecule has 0 bridgehead atoms. The Hall–Kier alpha value is -2.09. The van der Waals surface area contributed by atoms with E-state index < -0.39 is 17.8 Å². The van der Waals surface area contributed by atoms with Crippen LogP contribution < -0.4 is 5.32 Å². The van der Waals surface area contributed by atoms with Gasteiger partial charge in [-0.25, -0.2) is 9.18 Å². The van der Waals surface area contributed by atoms with Crippen LogP contribution in [0.5, 0.6) is 0 Å². The molecule has 0 spiro atoms. The molecule has 1 N–H and O–H groups in total. The highest BCUT2D eigenvalue weighted by Gasteiger charge is 2.13. The lowest BCUT2D eigenvalue weighted by Gasteiger charge is -2.12. The van der Waals surface area contributed by atoms with E-state index in [-0.39, 0.29) is 5.56 Å². The zero-order chi connectivity index (χ0) is 12.1. The average Bonchev–Trinajstić information content (AvgIpc) is 2.28. The van der Waals surface area contributed by atoms with E-state index in [1.165, 1.54) is 19.2 Å². The lowest BCUT2D eigenvalue weighted by Crippen LogP contribution is -2.27. The maximum Gasteiger partial charge on any atom is 0.327 e. The molecule has 0 saturated heterocycles. The first-order chi connectivity index (χ1) is 7.58. The SMILES string of the molecule is COC(=O)C(C)Nc1ccc(C#N)c(F)c1. The molecule has 1 aromatic rings. The summed E-state index contributed by atoms with van der Waals surface area (Å²) in [6.07, 6.45) is 0. The van der Waals surface area contributed by atoms with E-state index in [1.807, 2.05) is 0 Å². The fraction of sp³-hybridized carbons (Fsp3) is 0.273.